The van der Waals surface area contributed by atoms with Crippen molar-refractivity contribution in [2.75, 3.05) is 27.2 Å². The van der Waals surface area contributed by atoms with Gasteiger partial charge in [-0.25, -0.2) is 17.5 Å². The van der Waals surface area contributed by atoms with Crippen LogP contribution in [0.25, 0.3) is 0 Å². The van der Waals surface area contributed by atoms with Crippen molar-refractivity contribution < 1.29 is 17.6 Å². The number of carbonyl (C=O) groups is 1. The maximum atomic E-state index is 11.7. The lowest BCUT2D eigenvalue weighted by molar-refractivity contribution is 0.249. The number of hydrogen-bond donors (Lipinski definition) is 3. The molecule has 19 heavy (non-hydrogen) atoms. The van der Waals surface area contributed by atoms with Crippen LogP contribution in [0.1, 0.15) is 5.76 Å². The lowest BCUT2D eigenvalue weighted by Gasteiger charge is -2.08. The van der Waals surface area contributed by atoms with Gasteiger partial charge < -0.3 is 20.8 Å². The van der Waals surface area contributed by atoms with Crippen molar-refractivity contribution in [1.29, 1.82) is 0 Å². The minimum absolute atomic E-state index is 0.0930. The fraction of sp³-hybridized carbons (Fsp3) is 0.500. The van der Waals surface area contributed by atoms with Crippen molar-refractivity contribution in [1.82, 2.24) is 14.9 Å². The number of hydrogen-bond acceptors (Lipinski definition) is 5. The van der Waals surface area contributed by atoms with Crippen molar-refractivity contribution in [3.8, 4) is 0 Å². The Hall–Kier alpha value is -1.58. The van der Waals surface area contributed by atoms with E-state index in [4.69, 9.17) is 10.2 Å². The molecule has 9 heteroatoms. The van der Waals surface area contributed by atoms with Gasteiger partial charge in [0.15, 0.2) is 0 Å². The van der Waals surface area contributed by atoms with E-state index in [2.05, 4.69) is 10.6 Å². The van der Waals surface area contributed by atoms with E-state index >= 15 is 0 Å². The van der Waals surface area contributed by atoms with Gasteiger partial charge in [0.2, 0.25) is 5.09 Å². The topological polar surface area (TPSA) is 118 Å². The third-order valence-corrected chi connectivity index (χ3v) is 3.96. The van der Waals surface area contributed by atoms with Crippen LogP contribution in [-0.2, 0) is 16.6 Å². The van der Waals surface area contributed by atoms with Gasteiger partial charge in [0.1, 0.15) is 5.76 Å². The summed E-state index contributed by atoms with van der Waals surface area (Å²) < 4.78 is 29.8. The lowest BCUT2D eigenvalue weighted by Crippen LogP contribution is -2.35. The van der Waals surface area contributed by atoms with Gasteiger partial charge in [-0.3, -0.25) is 0 Å². The number of primary amides is 1. The first-order valence-electron chi connectivity index (χ1n) is 5.59. The van der Waals surface area contributed by atoms with Crippen LogP contribution in [-0.4, -0.2) is 45.9 Å². The van der Waals surface area contributed by atoms with E-state index in [0.29, 0.717) is 25.4 Å². The van der Waals surface area contributed by atoms with Gasteiger partial charge in [0, 0.05) is 27.2 Å². The predicted molar refractivity (Wildman–Crippen MR) is 68.9 cm³/mol. The van der Waals surface area contributed by atoms with Gasteiger partial charge in [0.25, 0.3) is 10.0 Å². The third-order valence-electron chi connectivity index (χ3n) is 2.27. The first-order chi connectivity index (χ1) is 8.84. The highest BCUT2D eigenvalue weighted by Gasteiger charge is 2.21. The van der Waals surface area contributed by atoms with Gasteiger partial charge in [0.05, 0.1) is 6.54 Å². The number of nitrogens with one attached hydrogen (secondary N) is 2. The van der Waals surface area contributed by atoms with Crippen LogP contribution in [0.15, 0.2) is 21.6 Å². The predicted octanol–water partition coefficient (Wildman–Crippen LogP) is -0.712. The maximum Gasteiger partial charge on any atom is 0.312 e. The van der Waals surface area contributed by atoms with Crippen molar-refractivity contribution >= 4 is 16.1 Å². The average molecular weight is 290 g/mol. The summed E-state index contributed by atoms with van der Waals surface area (Å²) >= 11 is 0. The van der Waals surface area contributed by atoms with E-state index in [1.165, 1.54) is 20.2 Å². The normalized spacial score (nSPS) is 11.7. The third kappa shape index (κ3) is 4.54. The molecule has 0 atom stereocenters. The fourth-order valence-corrected chi connectivity index (χ4v) is 2.07. The Morgan fingerprint density at radius 1 is 1.37 bits per heavy atom. The van der Waals surface area contributed by atoms with Crippen molar-refractivity contribution in [3.63, 3.8) is 0 Å². The second-order valence-electron chi connectivity index (χ2n) is 3.98. The van der Waals surface area contributed by atoms with E-state index in [0.717, 1.165) is 4.31 Å². The van der Waals surface area contributed by atoms with Crippen LogP contribution in [0.5, 0.6) is 0 Å². The first kappa shape index (κ1) is 15.5. The van der Waals surface area contributed by atoms with E-state index < -0.39 is 16.1 Å². The Kier molecular flexibility index (Phi) is 5.33. The molecule has 0 saturated carbocycles. The molecule has 8 nitrogen and oxygen atoms in total. The highest BCUT2D eigenvalue weighted by Crippen LogP contribution is 2.16. The molecule has 0 aromatic carbocycles. The number of nitrogens with two attached hydrogens (primary N) is 1. The van der Waals surface area contributed by atoms with Crippen molar-refractivity contribution in [2.45, 2.75) is 11.6 Å². The molecule has 1 aromatic rings. The summed E-state index contributed by atoms with van der Waals surface area (Å²) in [5.74, 6) is 0.500. The molecule has 0 fully saturated rings. The molecule has 2 amide bonds. The highest BCUT2D eigenvalue weighted by atomic mass is 32.2. The second-order valence-corrected chi connectivity index (χ2v) is 6.06. The molecule has 0 bridgehead atoms. The number of amides is 2. The largest absolute Gasteiger partial charge is 0.447 e. The van der Waals surface area contributed by atoms with Crippen LogP contribution in [0.3, 0.4) is 0 Å². The summed E-state index contributed by atoms with van der Waals surface area (Å²) in [7, 11) is -0.666. The van der Waals surface area contributed by atoms with E-state index in [-0.39, 0.29) is 5.09 Å². The van der Waals surface area contributed by atoms with Gasteiger partial charge in [-0.1, -0.05) is 0 Å². The second kappa shape index (κ2) is 6.55. The summed E-state index contributed by atoms with van der Waals surface area (Å²) in [5.41, 5.74) is 4.90. The zero-order valence-corrected chi connectivity index (χ0v) is 11.7. The smallest absolute Gasteiger partial charge is 0.312 e. The van der Waals surface area contributed by atoms with Gasteiger partial charge in [-0.15, -0.1) is 0 Å². The standard InChI is InChI=1S/C10H18N4O4S/c1-14(2)19(16,17)9-4-3-8(18-9)7-12-5-6-13-10(11)15/h3-4,12H,5-7H2,1-2H3,(H3,11,13,15). The van der Waals surface area contributed by atoms with E-state index in [1.54, 1.807) is 6.07 Å². The van der Waals surface area contributed by atoms with Crippen molar-refractivity contribution in [2.24, 2.45) is 5.73 Å². The highest BCUT2D eigenvalue weighted by molar-refractivity contribution is 7.88. The Balaban J connectivity index is 2.46. The molecular weight excluding hydrogens is 272 g/mol. The van der Waals surface area contributed by atoms with Crippen LogP contribution >= 0.6 is 0 Å². The monoisotopic (exact) mass is 290 g/mol. The minimum Gasteiger partial charge on any atom is -0.447 e. The Morgan fingerprint density at radius 2 is 2.05 bits per heavy atom. The Morgan fingerprint density at radius 3 is 2.63 bits per heavy atom. The van der Waals surface area contributed by atoms with Crippen LogP contribution in [0.4, 0.5) is 4.79 Å². The lowest BCUT2D eigenvalue weighted by atomic mass is 10.4. The molecule has 1 aromatic heterocycles. The first-order valence-corrected chi connectivity index (χ1v) is 7.03. The Bertz CT molecular complexity index is 523. The van der Waals surface area contributed by atoms with Gasteiger partial charge >= 0.3 is 6.03 Å². The quantitative estimate of drug-likeness (QED) is 0.573. The molecular formula is C10H18N4O4S. The molecule has 0 radical (unpaired) electrons. The van der Waals surface area contributed by atoms with Gasteiger partial charge in [-0.2, -0.15) is 0 Å². The summed E-state index contributed by atoms with van der Waals surface area (Å²) in [6, 6.07) is 2.41. The number of sulfonamides is 1. The summed E-state index contributed by atoms with van der Waals surface area (Å²) in [6.45, 7) is 1.25. The summed E-state index contributed by atoms with van der Waals surface area (Å²) in [5, 5.41) is 5.30. The van der Waals surface area contributed by atoms with Crippen LogP contribution < -0.4 is 16.4 Å². The molecule has 0 spiro atoms. The number of urea groups is 1. The zero-order valence-electron chi connectivity index (χ0n) is 10.8. The van der Waals surface area contributed by atoms with E-state index in [9.17, 15) is 13.2 Å². The fourth-order valence-electron chi connectivity index (χ4n) is 1.26. The number of nitrogens with zero attached hydrogens (tertiary/aromatic N) is 1. The zero-order chi connectivity index (χ0) is 14.5. The van der Waals surface area contributed by atoms with Crippen LogP contribution in [0.2, 0.25) is 0 Å². The van der Waals surface area contributed by atoms with Gasteiger partial charge in [-0.05, 0) is 12.1 Å². The number of rotatable bonds is 7. The molecule has 0 aliphatic rings. The molecule has 4 N–H and O–H groups in total. The molecule has 0 aliphatic carbocycles. The molecule has 0 unspecified atom stereocenters. The summed E-state index contributed by atoms with van der Waals surface area (Å²) in [6.07, 6.45) is 0. The molecule has 108 valence electrons. The van der Waals surface area contributed by atoms with Crippen LogP contribution in [0, 0.1) is 0 Å². The number of furan rings is 1. The Labute approximate surface area is 112 Å². The molecule has 0 saturated heterocycles. The number of carbonyl (C=O) groups excluding carboxylic acids is 1. The SMILES string of the molecule is CN(C)S(=O)(=O)c1ccc(CNCCNC(N)=O)o1. The maximum absolute atomic E-state index is 11.7. The molecule has 1 rings (SSSR count). The summed E-state index contributed by atoms with van der Waals surface area (Å²) in [4.78, 5) is 10.4. The molecule has 0 aliphatic heterocycles. The average Bonchev–Trinajstić information content (AvgIpc) is 2.77. The minimum atomic E-state index is -3.54. The molecule has 1 heterocycles. The van der Waals surface area contributed by atoms with Crippen molar-refractivity contribution in [3.05, 3.63) is 17.9 Å². The van der Waals surface area contributed by atoms with E-state index in [1.807, 2.05) is 0 Å².